The van der Waals surface area contributed by atoms with Crippen molar-refractivity contribution in [3.05, 3.63) is 94.4 Å². The fraction of sp³-hybridized carbons (Fsp3) is 0.514. The van der Waals surface area contributed by atoms with Gasteiger partial charge >= 0.3 is 12.4 Å². The summed E-state index contributed by atoms with van der Waals surface area (Å²) in [6.07, 6.45) is 0.174. The number of ether oxygens (including phenoxy) is 1. The molecule has 0 bridgehead atoms. The normalized spacial score (nSPS) is 24.7. The van der Waals surface area contributed by atoms with Crippen LogP contribution in [0, 0.1) is 5.41 Å². The zero-order chi connectivity index (χ0) is 34.8. The third-order valence-corrected chi connectivity index (χ3v) is 9.75. The molecule has 0 radical (unpaired) electrons. The second-order valence-electron chi connectivity index (χ2n) is 12.6. The largest absolute Gasteiger partial charge is 0.416 e. The monoisotopic (exact) mass is 670 g/mol. The number of benzene rings is 1. The van der Waals surface area contributed by atoms with Gasteiger partial charge in [-0.2, -0.15) is 26.3 Å². The van der Waals surface area contributed by atoms with E-state index in [4.69, 9.17) is 4.74 Å². The third-order valence-electron chi connectivity index (χ3n) is 9.75. The first-order valence-electron chi connectivity index (χ1n) is 15.6. The molecule has 2 aliphatic heterocycles. The predicted molar refractivity (Wildman–Crippen MR) is 165 cm³/mol. The minimum atomic E-state index is -5.10. The van der Waals surface area contributed by atoms with Gasteiger partial charge in [0.1, 0.15) is 12.3 Å². The van der Waals surface area contributed by atoms with E-state index in [2.05, 4.69) is 11.5 Å². The lowest BCUT2D eigenvalue weighted by Crippen LogP contribution is -2.47. The summed E-state index contributed by atoms with van der Waals surface area (Å²) in [5.74, 6) is -1.43. The number of piperidine rings is 1. The molecular weight excluding hydrogens is 629 g/mol. The molecule has 5 nitrogen and oxygen atoms in total. The number of allylic oxidation sites excluding steroid dienone is 6. The van der Waals surface area contributed by atoms with Gasteiger partial charge in [-0.3, -0.25) is 4.79 Å². The summed E-state index contributed by atoms with van der Waals surface area (Å²) in [6, 6.07) is 0.802. The molecule has 0 aromatic heterocycles. The first-order chi connectivity index (χ1) is 22.0. The molecule has 2 fully saturated rings. The van der Waals surface area contributed by atoms with Crippen molar-refractivity contribution in [2.24, 2.45) is 5.41 Å². The summed E-state index contributed by atoms with van der Waals surface area (Å²) in [5.41, 5.74) is -2.63. The summed E-state index contributed by atoms with van der Waals surface area (Å²) in [5, 5.41) is 11.0. The van der Waals surface area contributed by atoms with Gasteiger partial charge in [0.05, 0.1) is 29.6 Å². The standard InChI is InChI=1S/C35H41F7N2O3/c1-5-7-8-29-23(3)17-30(45)32(29)11-14-43(15-12-32)16-13-33(24(4)9-10-28(36)6-2)21-44(22-47-33)31(46)25-18-26(34(37,38)39)20-27(19-25)35(40,41)42/h5,7-10,18-20,30,45H,1,6,11-17,21-22H2,2-4H3/b8-7-,24-9+,28-10+/t30?,33-/m0/s1. The van der Waals surface area contributed by atoms with Crippen molar-refractivity contribution < 1.29 is 45.4 Å². The molecular formula is C35H41F7N2O3. The van der Waals surface area contributed by atoms with Gasteiger partial charge in [-0.05, 0) is 94.5 Å². The molecule has 2 atom stereocenters. The quantitative estimate of drug-likeness (QED) is 0.212. The van der Waals surface area contributed by atoms with Crippen LogP contribution in [-0.4, -0.2) is 65.4 Å². The highest BCUT2D eigenvalue weighted by Gasteiger charge is 2.48. The SMILES string of the molecule is C=C/C=C\C1=C(C)CC(O)C12CCN(CC[C@@]1(/C(C)=C/C=C(/F)CC)CN(C(=O)c3cc(C(F)(F)F)cc(C(F)(F)F)c3)CO1)CC2. The van der Waals surface area contributed by atoms with E-state index in [-0.39, 0.29) is 31.2 Å². The van der Waals surface area contributed by atoms with Crippen molar-refractivity contribution in [2.75, 3.05) is 32.9 Å². The van der Waals surface area contributed by atoms with Gasteiger partial charge in [0.15, 0.2) is 0 Å². The van der Waals surface area contributed by atoms with Crippen molar-refractivity contribution in [3.63, 3.8) is 0 Å². The molecule has 1 aliphatic carbocycles. The van der Waals surface area contributed by atoms with Crippen LogP contribution >= 0.6 is 0 Å². The van der Waals surface area contributed by atoms with Crippen LogP contribution in [0.5, 0.6) is 0 Å². The maximum absolute atomic E-state index is 14.1. The van der Waals surface area contributed by atoms with Gasteiger partial charge in [0, 0.05) is 17.5 Å². The van der Waals surface area contributed by atoms with E-state index in [1.165, 1.54) is 12.2 Å². The highest BCUT2D eigenvalue weighted by molar-refractivity contribution is 5.95. The number of nitrogens with zero attached hydrogens (tertiary/aromatic N) is 2. The fourth-order valence-corrected chi connectivity index (χ4v) is 6.85. The van der Waals surface area contributed by atoms with E-state index in [1.807, 2.05) is 19.1 Å². The van der Waals surface area contributed by atoms with Crippen LogP contribution in [0.1, 0.15) is 74.4 Å². The van der Waals surface area contributed by atoms with E-state index in [0.717, 1.165) is 16.0 Å². The number of aliphatic hydroxyl groups is 1. The summed E-state index contributed by atoms with van der Waals surface area (Å²) in [6.45, 7) is 10.4. The zero-order valence-corrected chi connectivity index (χ0v) is 26.8. The van der Waals surface area contributed by atoms with E-state index < -0.39 is 52.5 Å². The van der Waals surface area contributed by atoms with E-state index in [0.29, 0.717) is 63.0 Å². The van der Waals surface area contributed by atoms with E-state index in [1.54, 1.807) is 19.9 Å². The number of carbonyl (C=O) groups is 1. The molecule has 47 heavy (non-hydrogen) atoms. The molecule has 1 aromatic carbocycles. The number of rotatable bonds is 9. The van der Waals surface area contributed by atoms with Crippen molar-refractivity contribution >= 4 is 5.91 Å². The number of alkyl halides is 6. The first kappa shape index (κ1) is 36.6. The highest BCUT2D eigenvalue weighted by atomic mass is 19.4. The van der Waals surface area contributed by atoms with Crippen molar-refractivity contribution in [3.8, 4) is 0 Å². The topological polar surface area (TPSA) is 53.0 Å². The van der Waals surface area contributed by atoms with Crippen LogP contribution in [0.15, 0.2) is 77.7 Å². The Labute approximate surface area is 270 Å². The fourth-order valence-electron chi connectivity index (χ4n) is 6.85. The average molecular weight is 671 g/mol. The molecule has 1 aromatic rings. The maximum atomic E-state index is 14.1. The van der Waals surface area contributed by atoms with Gasteiger partial charge in [0.25, 0.3) is 5.91 Å². The zero-order valence-electron chi connectivity index (χ0n) is 26.8. The Morgan fingerprint density at radius 2 is 1.70 bits per heavy atom. The second kappa shape index (κ2) is 14.1. The Morgan fingerprint density at radius 1 is 1.09 bits per heavy atom. The van der Waals surface area contributed by atoms with Crippen LogP contribution in [-0.2, 0) is 17.1 Å². The van der Waals surface area contributed by atoms with Crippen LogP contribution in [0.4, 0.5) is 30.7 Å². The molecule has 2 heterocycles. The number of amides is 1. The van der Waals surface area contributed by atoms with Gasteiger partial charge in [0.2, 0.25) is 0 Å². The van der Waals surface area contributed by atoms with E-state index in [9.17, 15) is 40.6 Å². The molecule has 1 amide bonds. The van der Waals surface area contributed by atoms with Gasteiger partial charge < -0.3 is 19.6 Å². The Kier molecular flexibility index (Phi) is 11.0. The predicted octanol–water partition coefficient (Wildman–Crippen LogP) is 8.40. The third kappa shape index (κ3) is 7.92. The number of aliphatic hydroxyl groups excluding tert-OH is 1. The lowest BCUT2D eigenvalue weighted by molar-refractivity contribution is -0.143. The average Bonchev–Trinajstić information content (AvgIpc) is 3.56. The molecule has 4 rings (SSSR count). The van der Waals surface area contributed by atoms with Crippen molar-refractivity contribution in [2.45, 2.75) is 76.9 Å². The molecule has 1 N–H and O–H groups in total. The maximum Gasteiger partial charge on any atom is 0.416 e. The lowest BCUT2D eigenvalue weighted by atomic mass is 9.71. The Bertz CT molecular complexity index is 1430. The van der Waals surface area contributed by atoms with Gasteiger partial charge in [-0.25, -0.2) is 4.39 Å². The highest BCUT2D eigenvalue weighted by Crippen LogP contribution is 2.51. The van der Waals surface area contributed by atoms with Crippen LogP contribution < -0.4 is 0 Å². The molecule has 3 aliphatic rings. The van der Waals surface area contributed by atoms with E-state index >= 15 is 0 Å². The molecule has 258 valence electrons. The van der Waals surface area contributed by atoms with Crippen LogP contribution in [0.3, 0.4) is 0 Å². The minimum absolute atomic E-state index is 0.0216. The Morgan fingerprint density at radius 3 is 2.26 bits per heavy atom. The summed E-state index contributed by atoms with van der Waals surface area (Å²) >= 11 is 0. The number of hydrogen-bond acceptors (Lipinski definition) is 4. The first-order valence-corrected chi connectivity index (χ1v) is 15.6. The molecule has 2 saturated heterocycles. The Balaban J connectivity index is 1.56. The van der Waals surface area contributed by atoms with Crippen molar-refractivity contribution in [1.82, 2.24) is 9.80 Å². The lowest BCUT2D eigenvalue weighted by Gasteiger charge is -2.43. The Hall–Kier alpha value is -3.22. The van der Waals surface area contributed by atoms with Gasteiger partial charge in [-0.15, -0.1) is 0 Å². The van der Waals surface area contributed by atoms with Crippen LogP contribution in [0.25, 0.3) is 0 Å². The van der Waals surface area contributed by atoms with Gasteiger partial charge in [-0.1, -0.05) is 43.4 Å². The minimum Gasteiger partial charge on any atom is -0.392 e. The number of carbonyl (C=O) groups excluding carboxylic acids is 1. The smallest absolute Gasteiger partial charge is 0.392 e. The molecule has 12 heteroatoms. The summed E-state index contributed by atoms with van der Waals surface area (Å²) in [7, 11) is 0. The van der Waals surface area contributed by atoms with Crippen molar-refractivity contribution in [1.29, 1.82) is 0 Å². The second-order valence-corrected chi connectivity index (χ2v) is 12.6. The summed E-state index contributed by atoms with van der Waals surface area (Å²) < 4.78 is 101. The van der Waals surface area contributed by atoms with Crippen LogP contribution in [0.2, 0.25) is 0 Å². The molecule has 1 spiro atoms. The summed E-state index contributed by atoms with van der Waals surface area (Å²) in [4.78, 5) is 16.7. The molecule has 1 unspecified atom stereocenters. The molecule has 0 saturated carbocycles. The number of hydrogen-bond donors (Lipinski definition) is 1. The number of halogens is 7. The number of likely N-dealkylation sites (tertiary alicyclic amines) is 1.